The van der Waals surface area contributed by atoms with E-state index in [1.54, 1.807) is 17.0 Å². The Morgan fingerprint density at radius 3 is 1.93 bits per heavy atom. The molecule has 1 fully saturated rings. The number of hydrogen-bond acceptors (Lipinski definition) is 4. The fourth-order valence-corrected chi connectivity index (χ4v) is 2.77. The molecule has 1 aromatic carbocycles. The van der Waals surface area contributed by atoms with Gasteiger partial charge in [0.2, 0.25) is 6.10 Å². The lowest BCUT2D eigenvalue weighted by Gasteiger charge is -2.37. The van der Waals surface area contributed by atoms with Crippen molar-refractivity contribution in [1.82, 2.24) is 4.90 Å². The fraction of sp³-hybridized carbons (Fsp3) is 0.625. The first-order chi connectivity index (χ1) is 12.5. The number of nitrogens with zero attached hydrogens (tertiary/aromatic N) is 2. The van der Waals surface area contributed by atoms with Crippen LogP contribution in [0.4, 0.5) is 36.4 Å². The number of rotatable bonds is 6. The van der Waals surface area contributed by atoms with E-state index in [4.69, 9.17) is 0 Å². The molecule has 0 amide bonds. The van der Waals surface area contributed by atoms with Crippen LogP contribution in [0, 0.1) is 5.82 Å². The van der Waals surface area contributed by atoms with E-state index in [1.807, 2.05) is 4.90 Å². The van der Waals surface area contributed by atoms with Gasteiger partial charge in [-0.15, -0.1) is 0 Å². The van der Waals surface area contributed by atoms with E-state index in [0.29, 0.717) is 26.2 Å². The molecule has 1 aliphatic heterocycles. The number of ether oxygens (including phenoxy) is 1. The molecule has 4 nitrogen and oxygen atoms in total. The van der Waals surface area contributed by atoms with Crippen LogP contribution in [0.3, 0.4) is 0 Å². The Labute approximate surface area is 151 Å². The van der Waals surface area contributed by atoms with Crippen LogP contribution in [-0.2, 0) is 4.74 Å². The third-order valence-corrected chi connectivity index (χ3v) is 4.08. The van der Waals surface area contributed by atoms with Gasteiger partial charge in [-0.3, -0.25) is 4.90 Å². The minimum atomic E-state index is -5.60. The topological polar surface area (TPSA) is 35.9 Å². The van der Waals surface area contributed by atoms with E-state index >= 15 is 0 Å². The van der Waals surface area contributed by atoms with Crippen molar-refractivity contribution >= 4 is 5.69 Å². The van der Waals surface area contributed by atoms with Gasteiger partial charge in [0.15, 0.2) is 0 Å². The van der Waals surface area contributed by atoms with Crippen molar-refractivity contribution in [3.63, 3.8) is 0 Å². The standard InChI is InChI=1S/C16H19F7N2O2/c17-11-1-3-12(4-2-11)25-7-5-24(6-8-25)9-13(26)10-27-14(15(18,19)20)16(21,22)23/h1-4,13-14,26H,5-10H2. The quantitative estimate of drug-likeness (QED) is 0.740. The molecule has 154 valence electrons. The smallest absolute Gasteiger partial charge is 0.389 e. The van der Waals surface area contributed by atoms with Gasteiger partial charge in [0.25, 0.3) is 0 Å². The molecule has 0 spiro atoms. The van der Waals surface area contributed by atoms with Crippen LogP contribution in [0.25, 0.3) is 0 Å². The Balaban J connectivity index is 1.78. The van der Waals surface area contributed by atoms with Gasteiger partial charge >= 0.3 is 12.4 Å². The van der Waals surface area contributed by atoms with Gasteiger partial charge in [-0.25, -0.2) is 4.39 Å². The highest BCUT2D eigenvalue weighted by Crippen LogP contribution is 2.35. The summed E-state index contributed by atoms with van der Waals surface area (Å²) in [4.78, 5) is 3.67. The molecule has 1 N–H and O–H groups in total. The van der Waals surface area contributed by atoms with E-state index in [-0.39, 0.29) is 12.4 Å². The third-order valence-electron chi connectivity index (χ3n) is 4.08. The SMILES string of the molecule is OC(COC(C(F)(F)F)C(F)(F)F)CN1CCN(c2ccc(F)cc2)CC1. The lowest BCUT2D eigenvalue weighted by atomic mass is 10.2. The Bertz CT molecular complexity index is 570. The molecule has 0 radical (unpaired) electrons. The lowest BCUT2D eigenvalue weighted by Crippen LogP contribution is -2.50. The van der Waals surface area contributed by atoms with E-state index in [1.165, 1.54) is 12.1 Å². The number of alkyl halides is 6. The third kappa shape index (κ3) is 6.51. The summed E-state index contributed by atoms with van der Waals surface area (Å²) in [6.07, 6.45) is -16.6. The van der Waals surface area contributed by atoms with Crippen molar-refractivity contribution in [2.24, 2.45) is 0 Å². The van der Waals surface area contributed by atoms with E-state index in [9.17, 15) is 35.8 Å². The van der Waals surface area contributed by atoms with Gasteiger partial charge in [0.1, 0.15) is 5.82 Å². The van der Waals surface area contributed by atoms with Gasteiger partial charge in [0.05, 0.1) is 12.7 Å². The Hall–Kier alpha value is -1.59. The fourth-order valence-electron chi connectivity index (χ4n) is 2.77. The molecule has 1 heterocycles. The summed E-state index contributed by atoms with van der Waals surface area (Å²) in [7, 11) is 0. The Morgan fingerprint density at radius 1 is 0.926 bits per heavy atom. The molecule has 1 aromatic rings. The molecule has 2 rings (SSSR count). The highest BCUT2D eigenvalue weighted by atomic mass is 19.4. The number of aliphatic hydroxyl groups is 1. The second kappa shape index (κ2) is 8.61. The monoisotopic (exact) mass is 404 g/mol. The lowest BCUT2D eigenvalue weighted by molar-refractivity contribution is -0.324. The number of halogens is 7. The second-order valence-corrected chi connectivity index (χ2v) is 6.21. The molecular weight excluding hydrogens is 385 g/mol. The normalized spacial score (nSPS) is 18.2. The average molecular weight is 404 g/mol. The second-order valence-electron chi connectivity index (χ2n) is 6.21. The van der Waals surface area contributed by atoms with Crippen molar-refractivity contribution < 1.29 is 40.6 Å². The van der Waals surface area contributed by atoms with Crippen molar-refractivity contribution in [3.05, 3.63) is 30.1 Å². The summed E-state index contributed by atoms with van der Waals surface area (Å²) in [5.74, 6) is -0.364. The molecule has 11 heteroatoms. The van der Waals surface area contributed by atoms with Crippen molar-refractivity contribution in [2.75, 3.05) is 44.2 Å². The molecule has 0 bridgehead atoms. The maximum atomic E-state index is 12.9. The summed E-state index contributed by atoms with van der Waals surface area (Å²) in [6.45, 7) is 0.730. The molecule has 0 aromatic heterocycles. The largest absolute Gasteiger partial charge is 0.423 e. The van der Waals surface area contributed by atoms with E-state index < -0.39 is 31.2 Å². The molecular formula is C16H19F7N2O2. The minimum Gasteiger partial charge on any atom is -0.389 e. The summed E-state index contributed by atoms with van der Waals surface area (Å²) < 4.78 is 91.2. The molecule has 0 saturated carbocycles. The van der Waals surface area contributed by atoms with E-state index in [2.05, 4.69) is 4.74 Å². The number of piperazine rings is 1. The first-order valence-corrected chi connectivity index (χ1v) is 8.13. The van der Waals surface area contributed by atoms with Gasteiger partial charge in [-0.1, -0.05) is 0 Å². The summed E-state index contributed by atoms with van der Waals surface area (Å²) in [6, 6.07) is 5.87. The maximum Gasteiger partial charge on any atom is 0.423 e. The molecule has 0 aliphatic carbocycles. The Morgan fingerprint density at radius 2 is 1.44 bits per heavy atom. The first kappa shape index (κ1) is 21.7. The summed E-state index contributed by atoms with van der Waals surface area (Å²) >= 11 is 0. The number of aliphatic hydroxyl groups excluding tert-OH is 1. The van der Waals surface area contributed by atoms with Gasteiger partial charge in [0, 0.05) is 38.4 Å². The summed E-state index contributed by atoms with van der Waals surface area (Å²) in [5, 5.41) is 9.74. The van der Waals surface area contributed by atoms with Crippen LogP contribution < -0.4 is 4.90 Å². The molecule has 1 unspecified atom stereocenters. The predicted molar refractivity (Wildman–Crippen MR) is 82.9 cm³/mol. The van der Waals surface area contributed by atoms with Crippen molar-refractivity contribution in [1.29, 1.82) is 0 Å². The Kier molecular flexibility index (Phi) is 6.92. The van der Waals surface area contributed by atoms with Gasteiger partial charge in [-0.05, 0) is 24.3 Å². The maximum absolute atomic E-state index is 12.9. The van der Waals surface area contributed by atoms with Gasteiger partial charge < -0.3 is 14.7 Å². The molecule has 1 saturated heterocycles. The highest BCUT2D eigenvalue weighted by Gasteiger charge is 2.58. The van der Waals surface area contributed by atoms with Crippen LogP contribution in [0.15, 0.2) is 24.3 Å². The molecule has 27 heavy (non-hydrogen) atoms. The number of anilines is 1. The number of β-amino-alcohol motifs (C(OH)–C–C–N with tert-alkyl or cyclic N) is 1. The van der Waals surface area contributed by atoms with Crippen LogP contribution >= 0.6 is 0 Å². The van der Waals surface area contributed by atoms with Crippen LogP contribution in [0.2, 0.25) is 0 Å². The van der Waals surface area contributed by atoms with Crippen molar-refractivity contribution in [2.45, 2.75) is 24.6 Å². The van der Waals surface area contributed by atoms with Crippen molar-refractivity contribution in [3.8, 4) is 0 Å². The number of hydrogen-bond donors (Lipinski definition) is 1. The summed E-state index contributed by atoms with van der Waals surface area (Å²) in [5.41, 5.74) is 0.804. The highest BCUT2D eigenvalue weighted by molar-refractivity contribution is 5.46. The number of benzene rings is 1. The minimum absolute atomic E-state index is 0.111. The van der Waals surface area contributed by atoms with Crippen LogP contribution in [0.1, 0.15) is 0 Å². The average Bonchev–Trinajstić information content (AvgIpc) is 2.54. The van der Waals surface area contributed by atoms with Crippen LogP contribution in [0.5, 0.6) is 0 Å². The first-order valence-electron chi connectivity index (χ1n) is 8.13. The zero-order valence-electron chi connectivity index (χ0n) is 14.1. The van der Waals surface area contributed by atoms with Crippen LogP contribution in [-0.4, -0.2) is 73.9 Å². The zero-order chi connectivity index (χ0) is 20.2. The van der Waals surface area contributed by atoms with E-state index in [0.717, 1.165) is 5.69 Å². The molecule has 1 atom stereocenters. The predicted octanol–water partition coefficient (Wildman–Crippen LogP) is 2.82. The van der Waals surface area contributed by atoms with Gasteiger partial charge in [-0.2, -0.15) is 26.3 Å². The zero-order valence-corrected chi connectivity index (χ0v) is 14.1. The molecule has 1 aliphatic rings.